The molecule has 0 unspecified atom stereocenters. The van der Waals surface area contributed by atoms with Crippen LogP contribution in [0.25, 0.3) is 98.1 Å². The quantitative estimate of drug-likeness (QED) is 0.198. The highest BCUT2D eigenvalue weighted by molar-refractivity contribution is 6.37. The van der Waals surface area contributed by atoms with Crippen LogP contribution in [0.1, 0.15) is 0 Å². The molecule has 44 heavy (non-hydrogen) atoms. The minimum Gasteiger partial charge on any atom is -0.256 e. The molecule has 8 aromatic carbocycles. The van der Waals surface area contributed by atoms with Crippen molar-refractivity contribution >= 4 is 75.5 Å². The van der Waals surface area contributed by atoms with E-state index < -0.39 is 0 Å². The summed E-state index contributed by atoms with van der Waals surface area (Å²) in [4.78, 5) is 14.4. The maximum absolute atomic E-state index is 4.89. The first-order valence-electron chi connectivity index (χ1n) is 14.9. The van der Waals surface area contributed by atoms with E-state index in [0.29, 0.717) is 5.82 Å². The average molecular weight is 558 g/mol. The average Bonchev–Trinajstić information content (AvgIpc) is 3.09. The van der Waals surface area contributed by atoms with Crippen molar-refractivity contribution in [2.45, 2.75) is 0 Å². The van der Waals surface area contributed by atoms with Crippen LogP contribution < -0.4 is 0 Å². The van der Waals surface area contributed by atoms with E-state index in [1.54, 1.807) is 0 Å². The molecule has 3 heteroatoms. The summed E-state index contributed by atoms with van der Waals surface area (Å²) < 4.78 is 0. The lowest BCUT2D eigenvalue weighted by Gasteiger charge is -2.16. The highest BCUT2D eigenvalue weighted by atomic mass is 14.9. The number of fused-ring (bicyclic) bond motifs is 3. The van der Waals surface area contributed by atoms with Crippen molar-refractivity contribution in [3.63, 3.8) is 0 Å². The lowest BCUT2D eigenvalue weighted by atomic mass is 9.87. The fourth-order valence-corrected chi connectivity index (χ4v) is 7.27. The van der Waals surface area contributed by atoms with Crippen LogP contribution in [0.4, 0.5) is 0 Å². The summed E-state index contributed by atoms with van der Waals surface area (Å²) in [6.45, 7) is 0. The fraction of sp³-hybridized carbons (Fsp3) is 0. The molecule has 0 saturated heterocycles. The van der Waals surface area contributed by atoms with E-state index in [0.717, 1.165) is 27.6 Å². The van der Waals surface area contributed by atoms with Crippen molar-refractivity contribution < 1.29 is 0 Å². The van der Waals surface area contributed by atoms with Gasteiger partial charge >= 0.3 is 0 Å². The normalized spacial score (nSPS) is 12.1. The van der Waals surface area contributed by atoms with Gasteiger partial charge in [0.15, 0.2) is 5.82 Å². The number of hydrogen-bond acceptors (Lipinski definition) is 3. The molecule has 10 rings (SSSR count). The molecular formula is C41H23N3. The summed E-state index contributed by atoms with van der Waals surface area (Å²) in [7, 11) is 0. The summed E-state index contributed by atoms with van der Waals surface area (Å²) >= 11 is 0. The summed E-state index contributed by atoms with van der Waals surface area (Å²) in [6, 6.07) is 43.9. The number of hydrogen-bond donors (Lipinski definition) is 0. The Kier molecular flexibility index (Phi) is 4.72. The Morgan fingerprint density at radius 2 is 0.818 bits per heavy atom. The molecule has 0 spiro atoms. The minimum atomic E-state index is 0.710. The number of nitrogens with zero attached hydrogens (tertiary/aromatic N) is 3. The van der Waals surface area contributed by atoms with E-state index in [2.05, 4.69) is 108 Å². The third-order valence-corrected chi connectivity index (χ3v) is 9.26. The molecule has 0 aliphatic heterocycles. The van der Waals surface area contributed by atoms with E-state index in [1.807, 2.05) is 36.8 Å². The molecule has 0 atom stereocenters. The molecule has 3 nitrogen and oxygen atoms in total. The predicted octanol–water partition coefficient (Wildman–Crippen LogP) is 10.7. The van der Waals surface area contributed by atoms with Gasteiger partial charge in [0.25, 0.3) is 0 Å². The van der Waals surface area contributed by atoms with E-state index in [4.69, 9.17) is 9.97 Å². The topological polar surface area (TPSA) is 38.7 Å². The van der Waals surface area contributed by atoms with Crippen LogP contribution in [0, 0.1) is 0 Å². The SMILES string of the molecule is c1ccc2ncc(-c3cnc(-c4cc5ccc6cccc7c8cccc9ccc%10cccc(c(c4)c5c67)c%10c98)nc3)cc2c1. The second kappa shape index (κ2) is 8.79. The van der Waals surface area contributed by atoms with Gasteiger partial charge in [-0.15, -0.1) is 0 Å². The van der Waals surface area contributed by atoms with Crippen LogP contribution in [0.2, 0.25) is 0 Å². The summed E-state index contributed by atoms with van der Waals surface area (Å²) in [6.07, 6.45) is 5.73. The van der Waals surface area contributed by atoms with Crippen molar-refractivity contribution in [2.75, 3.05) is 0 Å². The largest absolute Gasteiger partial charge is 0.256 e. The van der Waals surface area contributed by atoms with Gasteiger partial charge in [0.1, 0.15) is 0 Å². The first-order chi connectivity index (χ1) is 21.8. The maximum Gasteiger partial charge on any atom is 0.159 e. The second-order valence-electron chi connectivity index (χ2n) is 11.7. The van der Waals surface area contributed by atoms with Gasteiger partial charge < -0.3 is 0 Å². The van der Waals surface area contributed by atoms with Crippen LogP contribution in [-0.4, -0.2) is 15.0 Å². The smallest absolute Gasteiger partial charge is 0.159 e. The molecule has 2 aromatic heterocycles. The van der Waals surface area contributed by atoms with Gasteiger partial charge in [-0.25, -0.2) is 9.97 Å². The van der Waals surface area contributed by atoms with Gasteiger partial charge in [-0.1, -0.05) is 97.1 Å². The number of para-hydroxylation sites is 1. The molecule has 10 aromatic rings. The highest BCUT2D eigenvalue weighted by Gasteiger charge is 2.16. The van der Waals surface area contributed by atoms with Crippen molar-refractivity contribution in [3.05, 3.63) is 140 Å². The molecular weight excluding hydrogens is 534 g/mol. The van der Waals surface area contributed by atoms with E-state index in [9.17, 15) is 0 Å². The zero-order valence-electron chi connectivity index (χ0n) is 23.6. The first-order valence-corrected chi connectivity index (χ1v) is 14.9. The van der Waals surface area contributed by atoms with Crippen molar-refractivity contribution in [1.29, 1.82) is 0 Å². The molecule has 0 bridgehead atoms. The van der Waals surface area contributed by atoms with Crippen molar-refractivity contribution in [3.8, 4) is 22.5 Å². The fourth-order valence-electron chi connectivity index (χ4n) is 7.27. The van der Waals surface area contributed by atoms with Crippen LogP contribution in [-0.2, 0) is 0 Å². The first kappa shape index (κ1) is 23.6. The highest BCUT2D eigenvalue weighted by Crippen LogP contribution is 2.44. The van der Waals surface area contributed by atoms with Gasteiger partial charge in [-0.2, -0.15) is 0 Å². The monoisotopic (exact) mass is 557 g/mol. The zero-order valence-corrected chi connectivity index (χ0v) is 23.6. The number of rotatable bonds is 2. The third kappa shape index (κ3) is 3.29. The van der Waals surface area contributed by atoms with Crippen molar-refractivity contribution in [1.82, 2.24) is 15.0 Å². The molecule has 2 heterocycles. The van der Waals surface area contributed by atoms with Gasteiger partial charge in [0.2, 0.25) is 0 Å². The van der Waals surface area contributed by atoms with E-state index in [1.165, 1.54) is 64.6 Å². The number of benzene rings is 7. The van der Waals surface area contributed by atoms with Crippen molar-refractivity contribution in [2.24, 2.45) is 0 Å². The summed E-state index contributed by atoms with van der Waals surface area (Å²) in [5.74, 6) is 0.710. The molecule has 0 fully saturated rings. The van der Waals surface area contributed by atoms with Crippen LogP contribution in [0.5, 0.6) is 0 Å². The Morgan fingerprint density at radius 1 is 0.318 bits per heavy atom. The second-order valence-corrected chi connectivity index (χ2v) is 11.7. The Hall–Kier alpha value is -5.93. The molecule has 0 N–H and O–H groups in total. The third-order valence-electron chi connectivity index (χ3n) is 9.26. The molecule has 202 valence electrons. The van der Waals surface area contributed by atoms with Gasteiger partial charge in [-0.3, -0.25) is 4.98 Å². The van der Waals surface area contributed by atoms with Crippen LogP contribution in [0.15, 0.2) is 140 Å². The number of aromatic nitrogens is 3. The number of pyridine rings is 1. The zero-order chi connectivity index (χ0) is 28.8. The Bertz CT molecular complexity index is 2760. The summed E-state index contributed by atoms with van der Waals surface area (Å²) in [5.41, 5.74) is 3.94. The molecule has 0 radical (unpaired) electrons. The van der Waals surface area contributed by atoms with Gasteiger partial charge in [0.05, 0.1) is 5.52 Å². The lowest BCUT2D eigenvalue weighted by molar-refractivity contribution is 1.18. The van der Waals surface area contributed by atoms with Crippen LogP contribution in [0.3, 0.4) is 0 Å². The minimum absolute atomic E-state index is 0.710. The van der Waals surface area contributed by atoms with E-state index >= 15 is 0 Å². The molecule has 0 amide bonds. The predicted molar refractivity (Wildman–Crippen MR) is 184 cm³/mol. The summed E-state index contributed by atoms with van der Waals surface area (Å²) in [5, 5.41) is 16.3. The Labute approximate surface area is 252 Å². The Morgan fingerprint density at radius 3 is 1.48 bits per heavy atom. The van der Waals surface area contributed by atoms with E-state index in [-0.39, 0.29) is 0 Å². The van der Waals surface area contributed by atoms with Gasteiger partial charge in [0, 0.05) is 40.7 Å². The standard InChI is InChI=1S/C41H23N3/c1-2-13-36-27(6-1)18-30(21-42-36)31-22-43-41(44-23-31)29-19-28-17-16-26-8-4-11-33-32-10-3-7-24-14-15-25-9-5-12-34(39(25)37(24)32)35(20-29)40(28)38(26)33/h1-23H. The maximum atomic E-state index is 4.89. The molecule has 0 aliphatic carbocycles. The van der Waals surface area contributed by atoms with Gasteiger partial charge in [-0.05, 0) is 88.9 Å². The Balaban J connectivity index is 1.29. The van der Waals surface area contributed by atoms with Crippen LogP contribution >= 0.6 is 0 Å². The molecule has 0 aliphatic rings. The molecule has 0 saturated carbocycles. The lowest BCUT2D eigenvalue weighted by Crippen LogP contribution is -1.93.